The molecule has 0 aliphatic carbocycles. The van der Waals surface area contributed by atoms with E-state index in [-0.39, 0.29) is 23.9 Å². The van der Waals surface area contributed by atoms with Gasteiger partial charge in [0.2, 0.25) is 5.76 Å². The van der Waals surface area contributed by atoms with Gasteiger partial charge in [0.05, 0.1) is 34.8 Å². The minimum absolute atomic E-state index is 0.0471. The van der Waals surface area contributed by atoms with Crippen molar-refractivity contribution in [2.75, 3.05) is 0 Å². The maximum Gasteiger partial charge on any atom is 0.449 e. The highest BCUT2D eigenvalue weighted by atomic mass is 35.5. The predicted octanol–water partition coefficient (Wildman–Crippen LogP) is 8.68. The number of carbonyl (C=O) groups excluding carboxylic acids is 1. The normalized spacial score (nSPS) is 12.0. The lowest BCUT2D eigenvalue weighted by atomic mass is 9.83. The van der Waals surface area contributed by atoms with Crippen molar-refractivity contribution >= 4 is 34.2 Å². The topological polar surface area (TPSA) is 83.6 Å². The van der Waals surface area contributed by atoms with E-state index in [1.54, 1.807) is 51.2 Å². The molecule has 3 aromatic carbocycles. The Kier molecular flexibility index (Phi) is 8.27. The Bertz CT molecular complexity index is 1880. The van der Waals surface area contributed by atoms with E-state index in [1.807, 2.05) is 42.5 Å². The van der Waals surface area contributed by atoms with Crippen LogP contribution in [0.3, 0.4) is 0 Å². The number of nitrogens with zero attached hydrogens (tertiary/aromatic N) is 2. The fourth-order valence-corrected chi connectivity index (χ4v) is 5.18. The minimum Gasteiger partial charge on any atom is -0.481 e. The highest BCUT2D eigenvalue weighted by Gasteiger charge is 2.35. The van der Waals surface area contributed by atoms with Gasteiger partial charge in [-0.3, -0.25) is 14.6 Å². The lowest BCUT2D eigenvalue weighted by molar-refractivity contribution is -0.153. The molecule has 10 heteroatoms. The van der Waals surface area contributed by atoms with Crippen molar-refractivity contribution in [1.29, 1.82) is 0 Å². The highest BCUT2D eigenvalue weighted by Crippen LogP contribution is 2.33. The van der Waals surface area contributed by atoms with E-state index in [0.717, 1.165) is 11.5 Å². The summed E-state index contributed by atoms with van der Waals surface area (Å²) in [6.45, 7) is 4.65. The zero-order valence-electron chi connectivity index (χ0n) is 24.1. The van der Waals surface area contributed by atoms with Gasteiger partial charge in [0.15, 0.2) is 0 Å². The van der Waals surface area contributed by atoms with E-state index < -0.39 is 29.2 Å². The maximum absolute atomic E-state index is 14.1. The molecule has 2 aromatic heterocycles. The van der Waals surface area contributed by atoms with Crippen LogP contribution in [-0.4, -0.2) is 26.9 Å². The summed E-state index contributed by atoms with van der Waals surface area (Å²) in [5, 5.41) is 11.4. The first kappa shape index (κ1) is 30.8. The number of furan rings is 1. The molecule has 44 heavy (non-hydrogen) atoms. The van der Waals surface area contributed by atoms with Crippen LogP contribution in [0, 0.1) is 6.92 Å². The zero-order valence-corrected chi connectivity index (χ0v) is 24.8. The third-order valence-electron chi connectivity index (χ3n) is 7.64. The van der Waals surface area contributed by atoms with Crippen LogP contribution < -0.4 is 0 Å². The van der Waals surface area contributed by atoms with Crippen molar-refractivity contribution in [3.05, 3.63) is 124 Å². The van der Waals surface area contributed by atoms with Crippen LogP contribution in [0.4, 0.5) is 13.2 Å². The summed E-state index contributed by atoms with van der Waals surface area (Å²) >= 11 is 6.68. The summed E-state index contributed by atoms with van der Waals surface area (Å²) < 4.78 is 44.9. The second-order valence-electron chi connectivity index (χ2n) is 11.1. The monoisotopic (exact) mass is 620 g/mol. The molecule has 0 aliphatic heterocycles. The van der Waals surface area contributed by atoms with Crippen molar-refractivity contribution < 1.29 is 32.3 Å². The van der Waals surface area contributed by atoms with Gasteiger partial charge in [-0.25, -0.2) is 0 Å². The van der Waals surface area contributed by atoms with Crippen LogP contribution in [0.15, 0.2) is 89.5 Å². The molecule has 226 valence electrons. The number of hydrogen-bond acceptors (Lipinski definition) is 4. The van der Waals surface area contributed by atoms with Crippen molar-refractivity contribution in [3.8, 4) is 11.1 Å². The first-order valence-corrected chi connectivity index (χ1v) is 14.1. The minimum atomic E-state index is -4.67. The number of aliphatic carboxylic acids is 1. The van der Waals surface area contributed by atoms with Gasteiger partial charge in [0.1, 0.15) is 5.76 Å². The Morgan fingerprint density at radius 3 is 2.36 bits per heavy atom. The number of aromatic nitrogens is 1. The predicted molar refractivity (Wildman–Crippen MR) is 161 cm³/mol. The number of aryl methyl sites for hydroxylation is 1. The van der Waals surface area contributed by atoms with Crippen LogP contribution in [-0.2, 0) is 29.5 Å². The molecule has 0 unspecified atom stereocenters. The van der Waals surface area contributed by atoms with Crippen molar-refractivity contribution in [2.24, 2.45) is 0 Å². The van der Waals surface area contributed by atoms with Crippen LogP contribution in [0.1, 0.15) is 52.5 Å². The molecule has 0 atom stereocenters. The van der Waals surface area contributed by atoms with Crippen LogP contribution in [0.5, 0.6) is 0 Å². The molecule has 0 bridgehead atoms. The average molecular weight is 621 g/mol. The number of carboxylic acid groups (broad SMARTS) is 1. The lowest BCUT2D eigenvalue weighted by Gasteiger charge is -2.24. The number of amides is 1. The number of pyridine rings is 1. The van der Waals surface area contributed by atoms with Gasteiger partial charge in [-0.15, -0.1) is 0 Å². The highest BCUT2D eigenvalue weighted by molar-refractivity contribution is 6.31. The van der Waals surface area contributed by atoms with E-state index >= 15 is 0 Å². The summed E-state index contributed by atoms with van der Waals surface area (Å²) in [7, 11) is 0. The molecule has 0 spiro atoms. The summed E-state index contributed by atoms with van der Waals surface area (Å²) in [4.78, 5) is 31.8. The molecule has 1 amide bonds. The smallest absolute Gasteiger partial charge is 0.449 e. The van der Waals surface area contributed by atoms with Crippen molar-refractivity contribution in [3.63, 3.8) is 0 Å². The number of rotatable bonds is 8. The van der Waals surface area contributed by atoms with Gasteiger partial charge in [0.25, 0.3) is 5.91 Å². The molecule has 0 aliphatic rings. The molecule has 1 N–H and O–H groups in total. The molecular weight excluding hydrogens is 593 g/mol. The standard InChI is InChI=1S/C34H28ClF3N2O4/c1-20-11-12-21-7-4-5-10-26(21)30(20)31(41)40(18-25-13-14-29(44-25)34(36,37)38)19-28-27(35)16-23(17-39-28)22-8-6-9-24(15-22)33(2,3)32(42)43/h4-17H,18-19H2,1-3H3,(H,42,43). The molecule has 0 radical (unpaired) electrons. The fraction of sp³-hybridized carbons (Fsp3) is 0.206. The second-order valence-corrected chi connectivity index (χ2v) is 11.5. The van der Waals surface area contributed by atoms with Gasteiger partial charge in [0, 0.05) is 11.8 Å². The summed E-state index contributed by atoms with van der Waals surface area (Å²) in [6.07, 6.45) is -3.11. The van der Waals surface area contributed by atoms with E-state index in [9.17, 15) is 27.9 Å². The van der Waals surface area contributed by atoms with Gasteiger partial charge in [-0.1, -0.05) is 66.2 Å². The van der Waals surface area contributed by atoms with Crippen LogP contribution in [0.25, 0.3) is 21.9 Å². The van der Waals surface area contributed by atoms with Gasteiger partial charge in [-0.05, 0) is 72.5 Å². The van der Waals surface area contributed by atoms with E-state index in [0.29, 0.717) is 38.9 Å². The molecule has 5 rings (SSSR count). The maximum atomic E-state index is 14.1. The number of alkyl halides is 3. The van der Waals surface area contributed by atoms with Gasteiger partial charge >= 0.3 is 12.1 Å². The molecule has 2 heterocycles. The number of benzene rings is 3. The first-order valence-electron chi connectivity index (χ1n) is 13.7. The molecule has 0 fully saturated rings. The Hall–Kier alpha value is -4.63. The molecule has 6 nitrogen and oxygen atoms in total. The average Bonchev–Trinajstić information content (AvgIpc) is 3.47. The molecule has 5 aromatic rings. The fourth-order valence-electron chi connectivity index (χ4n) is 4.96. The Morgan fingerprint density at radius 1 is 0.932 bits per heavy atom. The summed E-state index contributed by atoms with van der Waals surface area (Å²) in [6, 6.07) is 21.8. The Balaban J connectivity index is 1.51. The SMILES string of the molecule is Cc1ccc2ccccc2c1C(=O)N(Cc1ccc(C(F)(F)F)o1)Cc1ncc(-c2cccc(C(C)(C)C(=O)O)c2)cc1Cl. The summed E-state index contributed by atoms with van der Waals surface area (Å²) in [5.41, 5.74) is 2.25. The Morgan fingerprint density at radius 2 is 1.68 bits per heavy atom. The number of hydrogen-bond donors (Lipinski definition) is 1. The van der Waals surface area contributed by atoms with Gasteiger partial charge in [-0.2, -0.15) is 13.2 Å². The number of carbonyl (C=O) groups is 2. The molecular formula is C34H28ClF3N2O4. The molecule has 0 saturated carbocycles. The number of carboxylic acids is 1. The zero-order chi connectivity index (χ0) is 31.8. The largest absolute Gasteiger partial charge is 0.481 e. The summed E-state index contributed by atoms with van der Waals surface area (Å²) in [5.74, 6) is -2.59. The quantitative estimate of drug-likeness (QED) is 0.188. The van der Waals surface area contributed by atoms with Crippen molar-refractivity contribution in [1.82, 2.24) is 9.88 Å². The third-order valence-corrected chi connectivity index (χ3v) is 7.96. The van der Waals surface area contributed by atoms with Crippen LogP contribution in [0.2, 0.25) is 5.02 Å². The van der Waals surface area contributed by atoms with Crippen molar-refractivity contribution in [2.45, 2.75) is 45.5 Å². The Labute approximate surface area is 256 Å². The van der Waals surface area contributed by atoms with Gasteiger partial charge < -0.3 is 14.4 Å². The van der Waals surface area contributed by atoms with Crippen LogP contribution >= 0.6 is 11.6 Å². The lowest BCUT2D eigenvalue weighted by Crippen LogP contribution is -2.31. The van der Waals surface area contributed by atoms with E-state index in [2.05, 4.69) is 4.98 Å². The number of fused-ring (bicyclic) bond motifs is 1. The number of halogens is 4. The molecule has 0 saturated heterocycles. The van der Waals surface area contributed by atoms with E-state index in [4.69, 9.17) is 16.0 Å². The van der Waals surface area contributed by atoms with E-state index in [1.165, 1.54) is 11.0 Å². The third kappa shape index (κ3) is 6.19. The first-order chi connectivity index (χ1) is 20.8. The second kappa shape index (κ2) is 11.8.